The zero-order valence-corrected chi connectivity index (χ0v) is 15.9. The van der Waals surface area contributed by atoms with E-state index in [1.807, 2.05) is 4.90 Å². The lowest BCUT2D eigenvalue weighted by atomic mass is 10.0. The Morgan fingerprint density at radius 3 is 2.43 bits per heavy atom. The number of guanidine groups is 1. The fraction of sp³-hybridized carbons (Fsp3) is 0.867. The number of likely N-dealkylation sites (tertiary alicyclic amines) is 1. The summed E-state index contributed by atoms with van der Waals surface area (Å²) in [6.07, 6.45) is 5.71. The monoisotopic (exact) mass is 410 g/mol. The van der Waals surface area contributed by atoms with Crippen LogP contribution in [0.2, 0.25) is 0 Å². The molecule has 6 heteroatoms. The summed E-state index contributed by atoms with van der Waals surface area (Å²) >= 11 is 0. The standard InChI is InChI=1S/C15H30N4O.HI/c1-12(2)7-6-8-13(3)18-15(16)17-11-14(20)19-9-4-5-10-19;/h12-13H,4-11H2,1-3H3,(H3,16,17,18);1H. The molecule has 1 atom stereocenters. The van der Waals surface area contributed by atoms with E-state index in [1.165, 1.54) is 12.8 Å². The van der Waals surface area contributed by atoms with Crippen molar-refractivity contribution in [2.45, 2.75) is 58.9 Å². The maximum atomic E-state index is 11.8. The van der Waals surface area contributed by atoms with Crippen molar-refractivity contribution in [2.75, 3.05) is 19.6 Å². The number of carbonyl (C=O) groups is 1. The van der Waals surface area contributed by atoms with E-state index in [4.69, 9.17) is 5.73 Å². The predicted molar refractivity (Wildman–Crippen MR) is 99.0 cm³/mol. The van der Waals surface area contributed by atoms with Crippen molar-refractivity contribution in [2.24, 2.45) is 16.6 Å². The summed E-state index contributed by atoms with van der Waals surface area (Å²) in [7, 11) is 0. The van der Waals surface area contributed by atoms with Crippen LogP contribution < -0.4 is 11.1 Å². The van der Waals surface area contributed by atoms with Gasteiger partial charge >= 0.3 is 0 Å². The Morgan fingerprint density at radius 2 is 1.86 bits per heavy atom. The van der Waals surface area contributed by atoms with E-state index in [1.54, 1.807) is 0 Å². The molecule has 0 aromatic carbocycles. The molecule has 0 aliphatic carbocycles. The number of carbonyl (C=O) groups excluding carboxylic acids is 1. The van der Waals surface area contributed by atoms with Crippen molar-refractivity contribution in [3.63, 3.8) is 0 Å². The molecule has 1 unspecified atom stereocenters. The van der Waals surface area contributed by atoms with Crippen LogP contribution in [0.1, 0.15) is 52.9 Å². The SMILES string of the molecule is CC(C)CCCC(C)NC(N)=NCC(=O)N1CCCC1.I. The number of nitrogens with two attached hydrogens (primary N) is 1. The van der Waals surface area contributed by atoms with Gasteiger partial charge in [0.2, 0.25) is 5.91 Å². The molecule has 0 spiro atoms. The smallest absolute Gasteiger partial charge is 0.244 e. The highest BCUT2D eigenvalue weighted by atomic mass is 127. The molecule has 21 heavy (non-hydrogen) atoms. The van der Waals surface area contributed by atoms with E-state index in [0.717, 1.165) is 38.3 Å². The Hall–Kier alpha value is -0.530. The number of rotatable bonds is 7. The zero-order valence-electron chi connectivity index (χ0n) is 13.6. The van der Waals surface area contributed by atoms with E-state index in [9.17, 15) is 4.79 Å². The van der Waals surface area contributed by atoms with Gasteiger partial charge in [0.05, 0.1) is 0 Å². The fourth-order valence-corrected chi connectivity index (χ4v) is 2.42. The fourth-order valence-electron chi connectivity index (χ4n) is 2.42. The van der Waals surface area contributed by atoms with Gasteiger partial charge in [-0.2, -0.15) is 0 Å². The third-order valence-corrected chi connectivity index (χ3v) is 3.66. The third-order valence-electron chi connectivity index (χ3n) is 3.66. The van der Waals surface area contributed by atoms with E-state index in [-0.39, 0.29) is 36.4 Å². The Kier molecular flexibility index (Phi) is 10.8. The van der Waals surface area contributed by atoms with Gasteiger partial charge < -0.3 is 16.0 Å². The lowest BCUT2D eigenvalue weighted by Gasteiger charge is -2.16. The van der Waals surface area contributed by atoms with E-state index >= 15 is 0 Å². The molecule has 1 rings (SSSR count). The highest BCUT2D eigenvalue weighted by molar-refractivity contribution is 14.0. The highest BCUT2D eigenvalue weighted by Gasteiger charge is 2.17. The number of nitrogens with one attached hydrogen (secondary N) is 1. The molecule has 1 saturated heterocycles. The predicted octanol–water partition coefficient (Wildman–Crippen LogP) is 2.35. The van der Waals surface area contributed by atoms with Gasteiger partial charge in [-0.3, -0.25) is 4.79 Å². The molecule has 1 aliphatic rings. The van der Waals surface area contributed by atoms with Crippen molar-refractivity contribution in [3.05, 3.63) is 0 Å². The largest absolute Gasteiger partial charge is 0.370 e. The summed E-state index contributed by atoms with van der Waals surface area (Å²) in [5.74, 6) is 1.21. The molecule has 0 aromatic rings. The van der Waals surface area contributed by atoms with Gasteiger partial charge in [0.1, 0.15) is 6.54 Å². The molecule has 3 N–H and O–H groups in total. The van der Waals surface area contributed by atoms with Crippen LogP contribution in [0.25, 0.3) is 0 Å². The van der Waals surface area contributed by atoms with Crippen LogP contribution in [-0.2, 0) is 4.79 Å². The molecule has 0 radical (unpaired) electrons. The quantitative estimate of drug-likeness (QED) is 0.385. The second-order valence-corrected chi connectivity index (χ2v) is 6.16. The average molecular weight is 410 g/mol. The molecular weight excluding hydrogens is 379 g/mol. The second kappa shape index (κ2) is 11.1. The molecule has 1 heterocycles. The Morgan fingerprint density at radius 1 is 1.24 bits per heavy atom. The summed E-state index contributed by atoms with van der Waals surface area (Å²) in [5, 5.41) is 3.16. The van der Waals surface area contributed by atoms with E-state index in [0.29, 0.717) is 12.0 Å². The van der Waals surface area contributed by atoms with Crippen molar-refractivity contribution in [1.29, 1.82) is 0 Å². The molecule has 124 valence electrons. The van der Waals surface area contributed by atoms with E-state index in [2.05, 4.69) is 31.1 Å². The van der Waals surface area contributed by atoms with Crippen LogP contribution in [-0.4, -0.2) is 42.4 Å². The van der Waals surface area contributed by atoms with Gasteiger partial charge in [0, 0.05) is 19.1 Å². The van der Waals surface area contributed by atoms with Crippen LogP contribution in [0, 0.1) is 5.92 Å². The normalized spacial score (nSPS) is 16.8. The number of hydrogen-bond donors (Lipinski definition) is 2. The number of amides is 1. The summed E-state index contributed by atoms with van der Waals surface area (Å²) in [4.78, 5) is 17.8. The zero-order chi connectivity index (χ0) is 15.0. The van der Waals surface area contributed by atoms with Gasteiger partial charge in [-0.1, -0.05) is 26.7 Å². The minimum absolute atomic E-state index is 0. The maximum Gasteiger partial charge on any atom is 0.244 e. The van der Waals surface area contributed by atoms with Crippen molar-refractivity contribution in [3.8, 4) is 0 Å². The van der Waals surface area contributed by atoms with Crippen molar-refractivity contribution < 1.29 is 4.79 Å². The lowest BCUT2D eigenvalue weighted by Crippen LogP contribution is -2.39. The van der Waals surface area contributed by atoms with Gasteiger partial charge in [-0.15, -0.1) is 24.0 Å². The molecule has 0 aromatic heterocycles. The molecule has 0 saturated carbocycles. The third kappa shape index (κ3) is 9.16. The molecule has 5 nitrogen and oxygen atoms in total. The minimum Gasteiger partial charge on any atom is -0.370 e. The Balaban J connectivity index is 0.00000400. The van der Waals surface area contributed by atoms with Crippen LogP contribution in [0.15, 0.2) is 4.99 Å². The maximum absolute atomic E-state index is 11.8. The first-order chi connectivity index (χ1) is 9.49. The number of hydrogen-bond acceptors (Lipinski definition) is 2. The van der Waals surface area contributed by atoms with Gasteiger partial charge in [0.25, 0.3) is 0 Å². The van der Waals surface area contributed by atoms with Gasteiger partial charge in [-0.05, 0) is 32.1 Å². The number of aliphatic imine (C=N–C) groups is 1. The van der Waals surface area contributed by atoms with Gasteiger partial charge in [-0.25, -0.2) is 4.99 Å². The summed E-state index contributed by atoms with van der Waals surface area (Å²) in [5.41, 5.74) is 5.82. The minimum atomic E-state index is 0. The van der Waals surface area contributed by atoms with Crippen LogP contribution in [0.3, 0.4) is 0 Å². The second-order valence-electron chi connectivity index (χ2n) is 6.16. The molecule has 1 amide bonds. The van der Waals surface area contributed by atoms with Crippen LogP contribution >= 0.6 is 24.0 Å². The summed E-state index contributed by atoms with van der Waals surface area (Å²) in [6, 6.07) is 0.305. The van der Waals surface area contributed by atoms with Crippen molar-refractivity contribution >= 4 is 35.8 Å². The van der Waals surface area contributed by atoms with E-state index < -0.39 is 0 Å². The average Bonchev–Trinajstić information content (AvgIpc) is 2.89. The first-order valence-electron chi connectivity index (χ1n) is 7.83. The van der Waals surface area contributed by atoms with Crippen LogP contribution in [0.5, 0.6) is 0 Å². The number of halogens is 1. The topological polar surface area (TPSA) is 70.7 Å². The highest BCUT2D eigenvalue weighted by Crippen LogP contribution is 2.08. The van der Waals surface area contributed by atoms with Crippen LogP contribution in [0.4, 0.5) is 0 Å². The summed E-state index contributed by atoms with van der Waals surface area (Å²) < 4.78 is 0. The first kappa shape index (κ1) is 20.5. The first-order valence-corrected chi connectivity index (χ1v) is 7.83. The Labute approximate surface area is 146 Å². The molecule has 1 aliphatic heterocycles. The Bertz CT molecular complexity index is 328. The number of nitrogens with zero attached hydrogens (tertiary/aromatic N) is 2. The van der Waals surface area contributed by atoms with Gasteiger partial charge in [0.15, 0.2) is 5.96 Å². The molecule has 1 fully saturated rings. The molecule has 0 bridgehead atoms. The van der Waals surface area contributed by atoms with Crippen molar-refractivity contribution in [1.82, 2.24) is 10.2 Å². The molecular formula is C15H31IN4O. The summed E-state index contributed by atoms with van der Waals surface area (Å²) in [6.45, 7) is 8.47. The lowest BCUT2D eigenvalue weighted by molar-refractivity contribution is -0.128.